The van der Waals surface area contributed by atoms with Gasteiger partial charge in [0.05, 0.1) is 16.8 Å². The lowest BCUT2D eigenvalue weighted by molar-refractivity contribution is 0.0992. The first kappa shape index (κ1) is 26.1. The molecule has 5 aromatic rings. The number of nitrogens with zero attached hydrogens (tertiary/aromatic N) is 6. The average molecular weight is 539 g/mol. The van der Waals surface area contributed by atoms with Gasteiger partial charge >= 0.3 is 5.69 Å². The van der Waals surface area contributed by atoms with Crippen molar-refractivity contribution in [1.29, 1.82) is 5.26 Å². The number of carbonyl (C=O) groups excluding carboxylic acids is 2. The first-order chi connectivity index (χ1) is 19.1. The minimum Gasteiger partial charge on any atom is -0.366 e. The van der Waals surface area contributed by atoms with Gasteiger partial charge in [0.25, 0.3) is 11.8 Å². The van der Waals surface area contributed by atoms with Crippen LogP contribution in [0.4, 0.5) is 10.1 Å². The molecule has 40 heavy (non-hydrogen) atoms. The number of primary amides is 1. The Morgan fingerprint density at radius 1 is 1.12 bits per heavy atom. The molecule has 0 saturated heterocycles. The van der Waals surface area contributed by atoms with Crippen molar-refractivity contribution < 1.29 is 14.0 Å². The molecule has 3 N–H and O–H groups in total. The highest BCUT2D eigenvalue weighted by Gasteiger charge is 2.21. The smallest absolute Gasteiger partial charge is 0.351 e. The largest absolute Gasteiger partial charge is 0.366 e. The number of anilines is 1. The molecule has 5 rings (SSSR count). The lowest BCUT2D eigenvalue weighted by Crippen LogP contribution is -2.21. The fourth-order valence-electron chi connectivity index (χ4n) is 4.69. The summed E-state index contributed by atoms with van der Waals surface area (Å²) in [5, 5.41) is 16.8. The molecule has 2 aromatic carbocycles. The number of hydrogen-bond donors (Lipinski definition) is 2. The van der Waals surface area contributed by atoms with E-state index in [1.54, 1.807) is 19.1 Å². The maximum Gasteiger partial charge on any atom is 0.351 e. The van der Waals surface area contributed by atoms with E-state index < -0.39 is 23.3 Å². The topological polar surface area (TPSA) is 154 Å². The van der Waals surface area contributed by atoms with Crippen molar-refractivity contribution >= 4 is 28.4 Å². The van der Waals surface area contributed by atoms with Crippen LogP contribution in [0, 0.1) is 24.1 Å². The van der Waals surface area contributed by atoms with Gasteiger partial charge in [-0.2, -0.15) is 5.26 Å². The zero-order valence-electron chi connectivity index (χ0n) is 21.8. The molecule has 0 unspecified atom stereocenters. The molecule has 0 spiro atoms. The highest BCUT2D eigenvalue weighted by molar-refractivity contribution is 6.12. The summed E-state index contributed by atoms with van der Waals surface area (Å²) in [6, 6.07) is 16.4. The van der Waals surface area contributed by atoms with Crippen LogP contribution >= 0.6 is 0 Å². The fraction of sp³-hybridized carbons (Fsp3) is 0.143. The number of fused-ring (bicyclic) bond motifs is 1. The van der Waals surface area contributed by atoms with Crippen molar-refractivity contribution in [2.45, 2.75) is 20.4 Å². The number of hydrogen-bond acceptors (Lipinski definition) is 6. The molecule has 0 saturated carbocycles. The zero-order chi connectivity index (χ0) is 28.7. The number of amides is 2. The normalized spacial score (nSPS) is 11.0. The predicted octanol–water partition coefficient (Wildman–Crippen LogP) is 3.28. The van der Waals surface area contributed by atoms with E-state index in [1.165, 1.54) is 23.7 Å². The van der Waals surface area contributed by atoms with Gasteiger partial charge in [-0.1, -0.05) is 12.1 Å². The Labute approximate surface area is 226 Å². The molecule has 0 aliphatic heterocycles. The van der Waals surface area contributed by atoms with Gasteiger partial charge < -0.3 is 15.6 Å². The van der Waals surface area contributed by atoms with Crippen molar-refractivity contribution in [3.8, 4) is 23.0 Å². The van der Waals surface area contributed by atoms with E-state index in [2.05, 4.69) is 15.4 Å². The number of aryl methyl sites for hydroxylation is 3. The highest BCUT2D eigenvalue weighted by atomic mass is 19.1. The van der Waals surface area contributed by atoms with E-state index in [0.717, 1.165) is 27.4 Å². The van der Waals surface area contributed by atoms with Crippen molar-refractivity contribution in [3.05, 3.63) is 93.7 Å². The van der Waals surface area contributed by atoms with Gasteiger partial charge in [0.1, 0.15) is 11.9 Å². The first-order valence-electron chi connectivity index (χ1n) is 12.2. The van der Waals surface area contributed by atoms with Crippen molar-refractivity contribution in [3.63, 3.8) is 0 Å². The van der Waals surface area contributed by atoms with Crippen LogP contribution in [0.15, 0.2) is 59.4 Å². The quantitative estimate of drug-likeness (QED) is 0.338. The zero-order valence-corrected chi connectivity index (χ0v) is 21.8. The van der Waals surface area contributed by atoms with Gasteiger partial charge in [-0.15, -0.1) is 5.10 Å². The lowest BCUT2D eigenvalue weighted by atomic mass is 10.1. The van der Waals surface area contributed by atoms with Gasteiger partial charge in [-0.25, -0.2) is 23.4 Å². The van der Waals surface area contributed by atoms with Gasteiger partial charge in [0.15, 0.2) is 5.69 Å². The highest BCUT2D eigenvalue weighted by Crippen LogP contribution is 2.31. The summed E-state index contributed by atoms with van der Waals surface area (Å²) in [6.45, 7) is 4.22. The minimum atomic E-state index is -0.947. The third-order valence-corrected chi connectivity index (χ3v) is 6.47. The number of rotatable bonds is 6. The summed E-state index contributed by atoms with van der Waals surface area (Å²) in [5.74, 6) is -2.29. The Morgan fingerprint density at radius 2 is 1.85 bits per heavy atom. The minimum absolute atomic E-state index is 0.0239. The maximum atomic E-state index is 13.9. The van der Waals surface area contributed by atoms with Crippen LogP contribution in [0.5, 0.6) is 0 Å². The Morgan fingerprint density at radius 3 is 2.50 bits per heavy atom. The van der Waals surface area contributed by atoms with Crippen LogP contribution in [0.1, 0.15) is 39.3 Å². The fourth-order valence-corrected chi connectivity index (χ4v) is 4.69. The van der Waals surface area contributed by atoms with Crippen LogP contribution in [0.25, 0.3) is 27.8 Å². The molecule has 0 atom stereocenters. The summed E-state index contributed by atoms with van der Waals surface area (Å²) in [5.41, 5.74) is 8.14. The van der Waals surface area contributed by atoms with Crippen LogP contribution < -0.4 is 16.7 Å². The monoisotopic (exact) mass is 538 g/mol. The molecule has 0 fully saturated rings. The average Bonchev–Trinajstić information content (AvgIpc) is 3.45. The number of nitriles is 1. The molecule has 2 amide bonds. The first-order valence-corrected chi connectivity index (χ1v) is 12.2. The van der Waals surface area contributed by atoms with Crippen LogP contribution in [-0.2, 0) is 13.6 Å². The second-order valence-electron chi connectivity index (χ2n) is 9.06. The maximum absolute atomic E-state index is 13.9. The molecule has 3 aromatic heterocycles. The third-order valence-electron chi connectivity index (χ3n) is 6.47. The van der Waals surface area contributed by atoms with Crippen LogP contribution in [-0.4, -0.2) is 35.7 Å². The number of benzene rings is 2. The Balaban J connectivity index is 1.57. The number of pyridine rings is 1. The molecule has 200 valence electrons. The van der Waals surface area contributed by atoms with Crippen LogP contribution in [0.2, 0.25) is 0 Å². The van der Waals surface area contributed by atoms with Crippen molar-refractivity contribution in [1.82, 2.24) is 23.9 Å². The third kappa shape index (κ3) is 4.39. The van der Waals surface area contributed by atoms with E-state index in [1.807, 2.05) is 41.8 Å². The van der Waals surface area contributed by atoms with E-state index in [4.69, 9.17) is 5.73 Å². The van der Waals surface area contributed by atoms with Gasteiger partial charge in [0, 0.05) is 36.1 Å². The molecule has 0 aliphatic carbocycles. The van der Waals surface area contributed by atoms with E-state index in [9.17, 15) is 24.0 Å². The summed E-state index contributed by atoms with van der Waals surface area (Å²) >= 11 is 0. The number of nitrogens with one attached hydrogen (secondary N) is 1. The molecule has 0 aliphatic rings. The summed E-state index contributed by atoms with van der Waals surface area (Å²) in [4.78, 5) is 41.9. The van der Waals surface area contributed by atoms with Gasteiger partial charge in [-0.05, 0) is 61.9 Å². The SMILES string of the molecule is CCn1c(-c2ccc(-n3c(C#N)nn(C)c3=O)cc2)cc2cc(C)nc(C(=O)Nc3ccc(F)c(C(N)=O)c3)c21. The Bertz CT molecular complexity index is 1930. The predicted molar refractivity (Wildman–Crippen MR) is 146 cm³/mol. The number of nitrogens with two attached hydrogens (primary N) is 1. The summed E-state index contributed by atoms with van der Waals surface area (Å²) < 4.78 is 18.2. The molecule has 0 radical (unpaired) electrons. The van der Waals surface area contributed by atoms with Crippen LogP contribution in [0.3, 0.4) is 0 Å². The molecule has 0 bridgehead atoms. The molecular weight excluding hydrogens is 515 g/mol. The number of carbonyl (C=O) groups is 2. The van der Waals surface area contributed by atoms with Gasteiger partial charge in [-0.3, -0.25) is 9.59 Å². The molecule has 11 nitrogen and oxygen atoms in total. The van der Waals surface area contributed by atoms with Crippen molar-refractivity contribution in [2.75, 3.05) is 5.32 Å². The van der Waals surface area contributed by atoms with E-state index >= 15 is 0 Å². The number of halogens is 1. The van der Waals surface area contributed by atoms with Crippen molar-refractivity contribution in [2.24, 2.45) is 12.8 Å². The van der Waals surface area contributed by atoms with E-state index in [0.29, 0.717) is 23.4 Å². The van der Waals surface area contributed by atoms with E-state index in [-0.39, 0.29) is 22.8 Å². The molecule has 12 heteroatoms. The Hall–Kier alpha value is -5.57. The second-order valence-corrected chi connectivity index (χ2v) is 9.06. The standard InChI is InChI=1S/C28H23FN8O3/c1-4-36-22(16-5-8-19(9-6-16)37-23(14-30)34-35(3)28(37)40)12-17-11-15(2)32-24(25(17)36)27(39)33-18-7-10-21(29)20(13-18)26(31)38/h5-13H,4H2,1-3H3,(H2,31,38)(H,33,39). The summed E-state index contributed by atoms with van der Waals surface area (Å²) in [6.07, 6.45) is 0. The second kappa shape index (κ2) is 9.95. The molecular formula is C28H23FN8O3. The number of aromatic nitrogens is 5. The lowest BCUT2D eigenvalue weighted by Gasteiger charge is -2.12. The Kier molecular flexibility index (Phi) is 6.48. The van der Waals surface area contributed by atoms with Gasteiger partial charge in [0.2, 0.25) is 5.82 Å². The summed E-state index contributed by atoms with van der Waals surface area (Å²) in [7, 11) is 1.48. The molecule has 3 heterocycles.